The molecule has 30 heavy (non-hydrogen) atoms. The topological polar surface area (TPSA) is 32.3 Å². The van der Waals surface area contributed by atoms with Crippen LogP contribution in [0.25, 0.3) is 22.0 Å². The first kappa shape index (κ1) is 18.7. The van der Waals surface area contributed by atoms with E-state index < -0.39 is 0 Å². The maximum atomic E-state index is 13.4. The van der Waals surface area contributed by atoms with Gasteiger partial charge in [0.05, 0.1) is 5.52 Å². The third-order valence-electron chi connectivity index (χ3n) is 5.69. The minimum absolute atomic E-state index is 0.225. The number of nitrogens with zero attached hydrogens (tertiary/aromatic N) is 4. The average molecular weight is 398 g/mol. The van der Waals surface area contributed by atoms with Gasteiger partial charge in [-0.15, -0.1) is 0 Å². The van der Waals surface area contributed by atoms with E-state index in [4.69, 9.17) is 4.98 Å². The Labute approximate surface area is 175 Å². The molecule has 4 nitrogen and oxygen atoms in total. The van der Waals surface area contributed by atoms with Gasteiger partial charge in [0, 0.05) is 56.1 Å². The number of piperazine rings is 1. The minimum Gasteiger partial charge on any atom is -0.354 e. The summed E-state index contributed by atoms with van der Waals surface area (Å²) in [6.45, 7) is 4.80. The number of halogens is 1. The second-order valence-electron chi connectivity index (χ2n) is 7.68. The Bertz CT molecular complexity index is 1140. The van der Waals surface area contributed by atoms with Gasteiger partial charge in [0.15, 0.2) is 0 Å². The van der Waals surface area contributed by atoms with Crippen molar-refractivity contribution in [2.24, 2.45) is 0 Å². The van der Waals surface area contributed by atoms with Crippen LogP contribution >= 0.6 is 0 Å². The van der Waals surface area contributed by atoms with E-state index in [-0.39, 0.29) is 5.82 Å². The Balaban J connectivity index is 1.36. The van der Waals surface area contributed by atoms with Crippen LogP contribution in [0, 0.1) is 5.82 Å². The number of benzene rings is 2. The highest BCUT2D eigenvalue weighted by atomic mass is 19.1. The van der Waals surface area contributed by atoms with Crippen LogP contribution in [0.1, 0.15) is 5.56 Å². The van der Waals surface area contributed by atoms with E-state index in [9.17, 15) is 4.39 Å². The van der Waals surface area contributed by atoms with E-state index in [0.717, 1.165) is 60.6 Å². The van der Waals surface area contributed by atoms with E-state index in [0.29, 0.717) is 0 Å². The first-order valence-electron chi connectivity index (χ1n) is 10.3. The maximum absolute atomic E-state index is 13.4. The molecule has 3 heterocycles. The highest BCUT2D eigenvalue weighted by Gasteiger charge is 2.19. The Morgan fingerprint density at radius 1 is 0.833 bits per heavy atom. The molecule has 0 unspecified atom stereocenters. The summed E-state index contributed by atoms with van der Waals surface area (Å²) in [6.07, 6.45) is 3.75. The summed E-state index contributed by atoms with van der Waals surface area (Å²) < 4.78 is 13.4. The van der Waals surface area contributed by atoms with Crippen molar-refractivity contribution in [1.29, 1.82) is 0 Å². The largest absolute Gasteiger partial charge is 0.354 e. The Hall–Kier alpha value is -3.31. The van der Waals surface area contributed by atoms with E-state index in [1.807, 2.05) is 36.7 Å². The lowest BCUT2D eigenvalue weighted by atomic mass is 10.0. The molecule has 0 atom stereocenters. The molecule has 0 spiro atoms. The van der Waals surface area contributed by atoms with Crippen molar-refractivity contribution in [3.8, 4) is 11.1 Å². The number of para-hydroxylation sites is 1. The summed E-state index contributed by atoms with van der Waals surface area (Å²) >= 11 is 0. The molecule has 4 aromatic rings. The van der Waals surface area contributed by atoms with Gasteiger partial charge in [-0.05, 0) is 41.5 Å². The summed E-state index contributed by atoms with van der Waals surface area (Å²) in [5.74, 6) is 0.773. The molecule has 0 radical (unpaired) electrons. The van der Waals surface area contributed by atoms with Gasteiger partial charge in [0.25, 0.3) is 0 Å². The van der Waals surface area contributed by atoms with Crippen molar-refractivity contribution in [3.63, 3.8) is 0 Å². The fraction of sp³-hybridized carbons (Fsp3) is 0.200. The van der Waals surface area contributed by atoms with Gasteiger partial charge in [-0.1, -0.05) is 36.4 Å². The van der Waals surface area contributed by atoms with Crippen LogP contribution < -0.4 is 4.90 Å². The number of aromatic nitrogens is 2. The third kappa shape index (κ3) is 3.89. The normalized spacial score (nSPS) is 14.9. The molecule has 0 N–H and O–H groups in total. The molecule has 5 rings (SSSR count). The lowest BCUT2D eigenvalue weighted by Gasteiger charge is -2.35. The van der Waals surface area contributed by atoms with Gasteiger partial charge in [0.2, 0.25) is 0 Å². The zero-order valence-corrected chi connectivity index (χ0v) is 16.7. The Morgan fingerprint density at radius 2 is 1.67 bits per heavy atom. The van der Waals surface area contributed by atoms with E-state index in [2.05, 4.69) is 45.1 Å². The van der Waals surface area contributed by atoms with Crippen molar-refractivity contribution in [2.75, 3.05) is 31.1 Å². The highest BCUT2D eigenvalue weighted by Crippen LogP contribution is 2.29. The number of rotatable bonds is 4. The second-order valence-corrected chi connectivity index (χ2v) is 7.68. The number of hydrogen-bond donors (Lipinski definition) is 0. The lowest BCUT2D eigenvalue weighted by molar-refractivity contribution is 0.249. The number of anilines is 1. The molecule has 2 aromatic carbocycles. The van der Waals surface area contributed by atoms with Gasteiger partial charge >= 0.3 is 0 Å². The smallest absolute Gasteiger partial charge is 0.129 e. The average Bonchev–Trinajstić information content (AvgIpc) is 2.80. The zero-order chi connectivity index (χ0) is 20.3. The van der Waals surface area contributed by atoms with Crippen molar-refractivity contribution < 1.29 is 4.39 Å². The van der Waals surface area contributed by atoms with Gasteiger partial charge < -0.3 is 4.90 Å². The molecule has 1 fully saturated rings. The number of fused-ring (bicyclic) bond motifs is 1. The molecule has 150 valence electrons. The van der Waals surface area contributed by atoms with Crippen molar-refractivity contribution >= 4 is 16.7 Å². The summed E-state index contributed by atoms with van der Waals surface area (Å²) in [5, 5.41) is 1.09. The predicted molar refractivity (Wildman–Crippen MR) is 119 cm³/mol. The summed E-state index contributed by atoms with van der Waals surface area (Å²) in [6, 6.07) is 21.1. The van der Waals surface area contributed by atoms with E-state index in [1.165, 1.54) is 17.7 Å². The molecule has 0 saturated carbocycles. The minimum atomic E-state index is -0.225. The first-order chi connectivity index (χ1) is 14.8. The van der Waals surface area contributed by atoms with Crippen molar-refractivity contribution in [1.82, 2.24) is 14.9 Å². The molecular formula is C25H23FN4. The quantitative estimate of drug-likeness (QED) is 0.496. The van der Waals surface area contributed by atoms with Crippen LogP contribution in [0.3, 0.4) is 0 Å². The van der Waals surface area contributed by atoms with Gasteiger partial charge in [0.1, 0.15) is 11.6 Å². The molecule has 2 aromatic heterocycles. The number of pyridine rings is 2. The van der Waals surface area contributed by atoms with Crippen LogP contribution in [0.2, 0.25) is 0 Å². The monoisotopic (exact) mass is 398 g/mol. The van der Waals surface area contributed by atoms with Crippen LogP contribution in [0.4, 0.5) is 10.2 Å². The summed E-state index contributed by atoms with van der Waals surface area (Å²) in [5.41, 5.74) is 4.22. The van der Waals surface area contributed by atoms with Gasteiger partial charge in [-0.2, -0.15) is 0 Å². The van der Waals surface area contributed by atoms with Crippen LogP contribution in [-0.4, -0.2) is 41.0 Å². The number of hydrogen-bond acceptors (Lipinski definition) is 4. The fourth-order valence-electron chi connectivity index (χ4n) is 4.06. The predicted octanol–water partition coefficient (Wildman–Crippen LogP) is 4.76. The Kier molecular flexibility index (Phi) is 5.11. The molecule has 1 aliphatic heterocycles. The lowest BCUT2D eigenvalue weighted by Crippen LogP contribution is -2.46. The van der Waals surface area contributed by atoms with E-state index in [1.54, 1.807) is 0 Å². The second kappa shape index (κ2) is 8.20. The molecule has 5 heteroatoms. The standard InChI is InChI=1S/C25H23FN4/c26-22-9-6-20(7-10-22)23-5-1-4-21-8-11-24(28-25(21)23)30-15-13-29(14-16-30)18-19-3-2-12-27-17-19/h1-12,17H,13-16,18H2. The highest BCUT2D eigenvalue weighted by molar-refractivity contribution is 5.94. The molecule has 0 bridgehead atoms. The van der Waals surface area contributed by atoms with Gasteiger partial charge in [-0.25, -0.2) is 9.37 Å². The summed E-state index contributed by atoms with van der Waals surface area (Å²) in [7, 11) is 0. The molecule has 1 aliphatic rings. The molecular weight excluding hydrogens is 375 g/mol. The molecule has 1 saturated heterocycles. The Morgan fingerprint density at radius 3 is 2.43 bits per heavy atom. The van der Waals surface area contributed by atoms with Crippen molar-refractivity contribution in [2.45, 2.75) is 6.54 Å². The van der Waals surface area contributed by atoms with Crippen LogP contribution in [0.5, 0.6) is 0 Å². The van der Waals surface area contributed by atoms with E-state index >= 15 is 0 Å². The van der Waals surface area contributed by atoms with Crippen molar-refractivity contribution in [3.05, 3.63) is 90.5 Å². The first-order valence-corrected chi connectivity index (χ1v) is 10.3. The van der Waals surface area contributed by atoms with Crippen LogP contribution in [-0.2, 0) is 6.54 Å². The zero-order valence-electron chi connectivity index (χ0n) is 16.7. The summed E-state index contributed by atoms with van der Waals surface area (Å²) in [4.78, 5) is 14.0. The van der Waals surface area contributed by atoms with Crippen LogP contribution in [0.15, 0.2) is 79.1 Å². The molecule has 0 aliphatic carbocycles. The molecule has 0 amide bonds. The SMILES string of the molecule is Fc1ccc(-c2cccc3ccc(N4CCN(Cc5cccnc5)CC4)nc23)cc1. The van der Waals surface area contributed by atoms with Gasteiger partial charge in [-0.3, -0.25) is 9.88 Å². The maximum Gasteiger partial charge on any atom is 0.129 e. The fourth-order valence-corrected chi connectivity index (χ4v) is 4.06. The third-order valence-corrected chi connectivity index (χ3v) is 5.69.